The molecule has 2 atom stereocenters. The second-order valence-electron chi connectivity index (χ2n) is 6.42. The van der Waals surface area contributed by atoms with E-state index in [0.29, 0.717) is 18.9 Å². The Morgan fingerprint density at radius 2 is 1.76 bits per heavy atom. The minimum atomic E-state index is -4.79. The zero-order valence-electron chi connectivity index (χ0n) is 13.4. The molecule has 3 rings (SSSR count). The summed E-state index contributed by atoms with van der Waals surface area (Å²) in [6.45, 7) is 0. The molecule has 0 spiro atoms. The molecule has 1 N–H and O–H groups in total. The molecule has 25 heavy (non-hydrogen) atoms. The number of nitrogens with one attached hydrogen (secondary N) is 1. The Labute approximate surface area is 156 Å². The molecule has 2 unspecified atom stereocenters. The minimum Gasteiger partial charge on any atom is -0.311 e. The number of sulfonamides is 1. The molecule has 0 aromatic heterocycles. The van der Waals surface area contributed by atoms with Gasteiger partial charge in [0.2, 0.25) is 10.0 Å². The summed E-state index contributed by atoms with van der Waals surface area (Å²) >= 11 is 5.63. The molecule has 1 aromatic rings. The number of benzene rings is 1. The van der Waals surface area contributed by atoms with Gasteiger partial charge in [0.1, 0.15) is 0 Å². The first-order valence-electron chi connectivity index (χ1n) is 7.70. The van der Waals surface area contributed by atoms with Crippen molar-refractivity contribution in [3.63, 3.8) is 0 Å². The van der Waals surface area contributed by atoms with E-state index in [1.807, 2.05) is 0 Å². The van der Waals surface area contributed by atoms with Crippen molar-refractivity contribution in [2.45, 2.75) is 54.9 Å². The highest BCUT2D eigenvalue weighted by molar-refractivity contribution is 7.89. The van der Waals surface area contributed by atoms with Gasteiger partial charge in [-0.2, -0.15) is 17.5 Å². The normalized spacial score (nSPS) is 26.6. The van der Waals surface area contributed by atoms with Crippen LogP contribution in [0, 0.1) is 0 Å². The van der Waals surface area contributed by atoms with Gasteiger partial charge >= 0.3 is 6.18 Å². The lowest BCUT2D eigenvalue weighted by Crippen LogP contribution is -2.48. The molecule has 0 amide bonds. The van der Waals surface area contributed by atoms with Crippen LogP contribution in [0.5, 0.6) is 0 Å². The average Bonchev–Trinajstić information content (AvgIpc) is 2.83. The van der Waals surface area contributed by atoms with Crippen molar-refractivity contribution in [2.75, 3.05) is 7.05 Å². The quantitative estimate of drug-likeness (QED) is 0.814. The Hall–Kier alpha value is -0.540. The highest BCUT2D eigenvalue weighted by atomic mass is 35.5. The van der Waals surface area contributed by atoms with Crippen LogP contribution in [0.3, 0.4) is 0 Å². The molecule has 142 valence electrons. The molecule has 2 aliphatic heterocycles. The van der Waals surface area contributed by atoms with Crippen LogP contribution in [-0.4, -0.2) is 37.9 Å². The topological polar surface area (TPSA) is 49.4 Å². The van der Waals surface area contributed by atoms with Gasteiger partial charge in [0, 0.05) is 30.2 Å². The molecular weight excluding hydrogens is 400 g/mol. The Morgan fingerprint density at radius 1 is 1.20 bits per heavy atom. The number of hydrogen-bond acceptors (Lipinski definition) is 3. The zero-order chi connectivity index (χ0) is 17.7. The van der Waals surface area contributed by atoms with Gasteiger partial charge in [-0.15, -0.1) is 12.4 Å². The maximum absolute atomic E-state index is 13.2. The number of piperidine rings is 1. The lowest BCUT2D eigenvalue weighted by Gasteiger charge is -2.35. The summed E-state index contributed by atoms with van der Waals surface area (Å²) in [5.74, 6) is 0. The van der Waals surface area contributed by atoms with Crippen molar-refractivity contribution in [2.24, 2.45) is 0 Å². The van der Waals surface area contributed by atoms with Gasteiger partial charge < -0.3 is 5.32 Å². The fourth-order valence-electron chi connectivity index (χ4n) is 3.62. The van der Waals surface area contributed by atoms with Crippen LogP contribution in [-0.2, 0) is 16.2 Å². The van der Waals surface area contributed by atoms with Crippen molar-refractivity contribution >= 4 is 34.0 Å². The maximum Gasteiger partial charge on any atom is 0.417 e. The van der Waals surface area contributed by atoms with Crippen LogP contribution in [0.15, 0.2) is 23.1 Å². The van der Waals surface area contributed by atoms with Gasteiger partial charge in [-0.05, 0) is 43.9 Å². The van der Waals surface area contributed by atoms with E-state index >= 15 is 0 Å². The number of nitrogens with zero attached hydrogens (tertiary/aromatic N) is 1. The summed E-state index contributed by atoms with van der Waals surface area (Å²) in [5.41, 5.74) is -1.22. The molecule has 2 bridgehead atoms. The third kappa shape index (κ3) is 4.08. The second-order valence-corrected chi connectivity index (χ2v) is 8.82. The van der Waals surface area contributed by atoms with Gasteiger partial charge in [0.15, 0.2) is 0 Å². The van der Waals surface area contributed by atoms with Crippen molar-refractivity contribution in [1.29, 1.82) is 0 Å². The van der Waals surface area contributed by atoms with Crippen LogP contribution in [0.4, 0.5) is 13.2 Å². The van der Waals surface area contributed by atoms with Crippen molar-refractivity contribution < 1.29 is 21.6 Å². The predicted octanol–water partition coefficient (Wildman–Crippen LogP) is 3.68. The number of rotatable bonds is 3. The molecule has 10 heteroatoms. The Bertz CT molecular complexity index is 731. The van der Waals surface area contributed by atoms with Crippen LogP contribution in [0.2, 0.25) is 5.02 Å². The monoisotopic (exact) mass is 418 g/mol. The van der Waals surface area contributed by atoms with E-state index in [4.69, 9.17) is 11.6 Å². The molecule has 0 saturated carbocycles. The summed E-state index contributed by atoms with van der Waals surface area (Å²) in [6, 6.07) is 2.94. The highest BCUT2D eigenvalue weighted by Crippen LogP contribution is 2.38. The molecule has 4 nitrogen and oxygen atoms in total. The second kappa shape index (κ2) is 7.23. The number of halogens is 5. The Balaban J connectivity index is 0.00000225. The molecule has 0 aliphatic carbocycles. The van der Waals surface area contributed by atoms with E-state index in [2.05, 4.69) is 5.32 Å². The van der Waals surface area contributed by atoms with Gasteiger partial charge in [-0.25, -0.2) is 8.42 Å². The molecule has 0 radical (unpaired) electrons. The van der Waals surface area contributed by atoms with Crippen LogP contribution in [0.1, 0.15) is 31.2 Å². The van der Waals surface area contributed by atoms with E-state index in [-0.39, 0.29) is 35.6 Å². The molecule has 2 saturated heterocycles. The number of fused-ring (bicyclic) bond motifs is 2. The van der Waals surface area contributed by atoms with Crippen molar-refractivity contribution in [3.8, 4) is 0 Å². The van der Waals surface area contributed by atoms with Crippen molar-refractivity contribution in [3.05, 3.63) is 28.8 Å². The number of alkyl halides is 3. The summed E-state index contributed by atoms with van der Waals surface area (Å²) in [4.78, 5) is -0.743. The lowest BCUT2D eigenvalue weighted by atomic mass is 10.0. The average molecular weight is 419 g/mol. The smallest absolute Gasteiger partial charge is 0.311 e. The van der Waals surface area contributed by atoms with E-state index in [0.717, 1.165) is 23.2 Å². The Kier molecular flexibility index (Phi) is 6.01. The Morgan fingerprint density at radius 3 is 2.28 bits per heavy atom. The zero-order valence-corrected chi connectivity index (χ0v) is 15.8. The van der Waals surface area contributed by atoms with E-state index < -0.39 is 26.7 Å². The SMILES string of the molecule is CN(C1CC2CCC(C1)N2)S(=O)(=O)c1ccc(Cl)cc1C(F)(F)F.Cl. The van der Waals surface area contributed by atoms with Crippen LogP contribution in [0.25, 0.3) is 0 Å². The fourth-order valence-corrected chi connectivity index (χ4v) is 5.36. The molecule has 2 fully saturated rings. The maximum atomic E-state index is 13.2. The third-order valence-electron chi connectivity index (χ3n) is 4.87. The summed E-state index contributed by atoms with van der Waals surface area (Å²) in [6.07, 6.45) is -1.61. The molecule has 2 heterocycles. The fraction of sp³-hybridized carbons (Fsp3) is 0.600. The highest BCUT2D eigenvalue weighted by Gasteiger charge is 2.42. The van der Waals surface area contributed by atoms with Gasteiger partial charge in [-0.3, -0.25) is 0 Å². The minimum absolute atomic E-state index is 0. The van der Waals surface area contributed by atoms with E-state index in [9.17, 15) is 21.6 Å². The first-order valence-corrected chi connectivity index (χ1v) is 9.51. The molecule has 2 aliphatic rings. The number of hydrogen-bond donors (Lipinski definition) is 1. The van der Waals surface area contributed by atoms with E-state index in [1.165, 1.54) is 13.1 Å². The lowest BCUT2D eigenvalue weighted by molar-refractivity contribution is -0.139. The van der Waals surface area contributed by atoms with Gasteiger partial charge in [0.05, 0.1) is 10.5 Å². The first kappa shape index (κ1) is 20.8. The summed E-state index contributed by atoms with van der Waals surface area (Å²) < 4.78 is 66.4. The van der Waals surface area contributed by atoms with Gasteiger partial charge in [-0.1, -0.05) is 11.6 Å². The molecular formula is C15H19Cl2F3N2O2S. The van der Waals surface area contributed by atoms with E-state index in [1.54, 1.807) is 0 Å². The predicted molar refractivity (Wildman–Crippen MR) is 91.6 cm³/mol. The standard InChI is InChI=1S/C15H18ClF3N2O2S.ClH/c1-21(12-7-10-3-4-11(8-12)20-10)24(22,23)14-5-2-9(16)6-13(14)15(17,18)19;/h2,5-6,10-12,20H,3-4,7-8H2,1H3;1H. The third-order valence-corrected chi connectivity index (χ3v) is 7.07. The van der Waals surface area contributed by atoms with Crippen LogP contribution < -0.4 is 5.32 Å². The van der Waals surface area contributed by atoms with Gasteiger partial charge in [0.25, 0.3) is 0 Å². The first-order chi connectivity index (χ1) is 11.1. The van der Waals surface area contributed by atoms with Crippen LogP contribution >= 0.6 is 24.0 Å². The summed E-state index contributed by atoms with van der Waals surface area (Å²) in [5, 5.41) is 3.24. The molecule has 1 aromatic carbocycles. The largest absolute Gasteiger partial charge is 0.417 e. The van der Waals surface area contributed by atoms with Crippen molar-refractivity contribution in [1.82, 2.24) is 9.62 Å². The summed E-state index contributed by atoms with van der Waals surface area (Å²) in [7, 11) is -2.90.